The molecule has 6 heteroatoms. The number of hydrogen-bond donors (Lipinski definition) is 2. The van der Waals surface area contributed by atoms with Gasteiger partial charge in [-0.3, -0.25) is 9.36 Å². The van der Waals surface area contributed by atoms with E-state index in [2.05, 4.69) is 40.1 Å². The molecule has 0 saturated carbocycles. The van der Waals surface area contributed by atoms with E-state index in [0.29, 0.717) is 6.54 Å². The van der Waals surface area contributed by atoms with E-state index in [1.165, 1.54) is 11.3 Å². The highest BCUT2D eigenvalue weighted by molar-refractivity contribution is 5.24. The molecule has 0 aliphatic carbocycles. The fraction of sp³-hybridized carbons (Fsp3) is 0.625. The summed E-state index contributed by atoms with van der Waals surface area (Å²) in [5.41, 5.74) is 5.71. The molecule has 0 radical (unpaired) electrons. The molecule has 0 saturated heterocycles. The minimum Gasteiger partial charge on any atom is -0.394 e. The van der Waals surface area contributed by atoms with Crippen molar-refractivity contribution < 1.29 is 5.11 Å². The first kappa shape index (κ1) is 16.7. The van der Waals surface area contributed by atoms with E-state index in [1.807, 2.05) is 18.5 Å². The van der Waals surface area contributed by atoms with Gasteiger partial charge >= 0.3 is 0 Å². The third kappa shape index (κ3) is 3.96. The van der Waals surface area contributed by atoms with Crippen LogP contribution in [0.1, 0.15) is 34.8 Å². The lowest BCUT2D eigenvalue weighted by Crippen LogP contribution is -2.18. The van der Waals surface area contributed by atoms with Crippen LogP contribution in [-0.2, 0) is 19.6 Å². The van der Waals surface area contributed by atoms with E-state index >= 15 is 0 Å². The highest BCUT2D eigenvalue weighted by Crippen LogP contribution is 2.12. The van der Waals surface area contributed by atoms with Gasteiger partial charge in [0.05, 0.1) is 24.5 Å². The monoisotopic (exact) mass is 305 g/mol. The molecule has 0 aliphatic heterocycles. The predicted molar refractivity (Wildman–Crippen MR) is 86.8 cm³/mol. The van der Waals surface area contributed by atoms with Crippen LogP contribution in [-0.4, -0.2) is 37.8 Å². The van der Waals surface area contributed by atoms with Crippen molar-refractivity contribution in [3.63, 3.8) is 0 Å². The molecule has 22 heavy (non-hydrogen) atoms. The Labute approximate surface area is 132 Å². The third-order valence-corrected chi connectivity index (χ3v) is 3.97. The summed E-state index contributed by atoms with van der Waals surface area (Å²) in [7, 11) is 0. The van der Waals surface area contributed by atoms with Gasteiger partial charge in [0.1, 0.15) is 0 Å². The molecule has 0 atom stereocenters. The smallest absolute Gasteiger partial charge is 0.0644 e. The van der Waals surface area contributed by atoms with Crippen molar-refractivity contribution in [2.24, 2.45) is 0 Å². The van der Waals surface area contributed by atoms with Crippen LogP contribution in [0.15, 0.2) is 6.07 Å². The first-order valence-electron chi connectivity index (χ1n) is 7.88. The highest BCUT2D eigenvalue weighted by atomic mass is 16.3. The van der Waals surface area contributed by atoms with Crippen molar-refractivity contribution in [2.75, 3.05) is 13.2 Å². The van der Waals surface area contributed by atoms with Crippen LogP contribution >= 0.6 is 0 Å². The Hall–Kier alpha value is -1.66. The first-order valence-corrected chi connectivity index (χ1v) is 7.88. The molecule has 2 aromatic rings. The largest absolute Gasteiger partial charge is 0.394 e. The summed E-state index contributed by atoms with van der Waals surface area (Å²) in [6.07, 6.45) is 1.05. The van der Waals surface area contributed by atoms with Gasteiger partial charge in [0.2, 0.25) is 0 Å². The van der Waals surface area contributed by atoms with Gasteiger partial charge in [-0.2, -0.15) is 10.2 Å². The van der Waals surface area contributed by atoms with Crippen molar-refractivity contribution in [1.29, 1.82) is 0 Å². The molecule has 2 rings (SSSR count). The van der Waals surface area contributed by atoms with Crippen LogP contribution < -0.4 is 5.32 Å². The summed E-state index contributed by atoms with van der Waals surface area (Å²) >= 11 is 0. The second-order valence-electron chi connectivity index (χ2n) is 5.78. The Morgan fingerprint density at radius 3 is 2.50 bits per heavy atom. The van der Waals surface area contributed by atoms with Crippen molar-refractivity contribution in [3.05, 3.63) is 34.4 Å². The summed E-state index contributed by atoms with van der Waals surface area (Å²) < 4.78 is 3.94. The standard InChI is InChI=1S/C16H27N5O/c1-12-10-13(2)20(18-12)7-5-6-17-11-16-14(3)19-21(8-9-22)15(16)4/h10,17,22H,5-9,11H2,1-4H3. The molecule has 0 amide bonds. The van der Waals surface area contributed by atoms with Crippen molar-refractivity contribution in [1.82, 2.24) is 24.9 Å². The molecule has 0 spiro atoms. The molecule has 2 aromatic heterocycles. The van der Waals surface area contributed by atoms with Gasteiger partial charge in [0, 0.05) is 30.0 Å². The van der Waals surface area contributed by atoms with Crippen molar-refractivity contribution >= 4 is 0 Å². The molecule has 122 valence electrons. The number of nitrogens with one attached hydrogen (secondary N) is 1. The molecule has 0 unspecified atom stereocenters. The molecule has 2 N–H and O–H groups in total. The van der Waals surface area contributed by atoms with Crippen LogP contribution in [0.5, 0.6) is 0 Å². The Bertz CT molecular complexity index is 614. The lowest BCUT2D eigenvalue weighted by atomic mass is 10.2. The molecule has 2 heterocycles. The Morgan fingerprint density at radius 1 is 1.09 bits per heavy atom. The number of hydrogen-bond acceptors (Lipinski definition) is 4. The second kappa shape index (κ2) is 7.56. The number of aliphatic hydroxyl groups excluding tert-OH is 1. The second-order valence-corrected chi connectivity index (χ2v) is 5.78. The molecule has 0 aliphatic rings. The molecular formula is C16H27N5O. The molecule has 6 nitrogen and oxygen atoms in total. The third-order valence-electron chi connectivity index (χ3n) is 3.97. The minimum absolute atomic E-state index is 0.122. The van der Waals surface area contributed by atoms with E-state index in [9.17, 15) is 0 Å². The maximum Gasteiger partial charge on any atom is 0.0644 e. The Morgan fingerprint density at radius 2 is 1.86 bits per heavy atom. The Kier molecular flexibility index (Phi) is 5.74. The summed E-state index contributed by atoms with van der Waals surface area (Å²) in [6, 6.07) is 2.11. The first-order chi connectivity index (χ1) is 10.5. The minimum atomic E-state index is 0.122. The predicted octanol–water partition coefficient (Wildman–Crippen LogP) is 1.49. The van der Waals surface area contributed by atoms with Crippen molar-refractivity contribution in [3.8, 4) is 0 Å². The highest BCUT2D eigenvalue weighted by Gasteiger charge is 2.10. The summed E-state index contributed by atoms with van der Waals surface area (Å²) in [5.74, 6) is 0. The van der Waals surface area contributed by atoms with E-state index in [1.54, 1.807) is 0 Å². The fourth-order valence-corrected chi connectivity index (χ4v) is 2.77. The number of aliphatic hydroxyl groups is 1. The maximum atomic E-state index is 9.04. The van der Waals surface area contributed by atoms with Gasteiger partial charge < -0.3 is 10.4 Å². The normalized spacial score (nSPS) is 11.3. The van der Waals surface area contributed by atoms with Gasteiger partial charge in [-0.15, -0.1) is 0 Å². The summed E-state index contributed by atoms with van der Waals surface area (Å²) in [5, 5.41) is 21.4. The summed E-state index contributed by atoms with van der Waals surface area (Å²) in [4.78, 5) is 0. The van der Waals surface area contributed by atoms with Crippen LogP contribution in [0, 0.1) is 27.7 Å². The zero-order valence-electron chi connectivity index (χ0n) is 14.1. The van der Waals surface area contributed by atoms with Gasteiger partial charge in [-0.25, -0.2) is 0 Å². The van der Waals surface area contributed by atoms with Crippen LogP contribution in [0.3, 0.4) is 0 Å². The van der Waals surface area contributed by atoms with E-state index in [-0.39, 0.29) is 6.61 Å². The van der Waals surface area contributed by atoms with E-state index in [4.69, 9.17) is 5.11 Å². The van der Waals surface area contributed by atoms with Crippen molar-refractivity contribution in [2.45, 2.75) is 53.8 Å². The van der Waals surface area contributed by atoms with Crippen LogP contribution in [0.4, 0.5) is 0 Å². The fourth-order valence-electron chi connectivity index (χ4n) is 2.77. The lowest BCUT2D eigenvalue weighted by Gasteiger charge is -2.07. The van der Waals surface area contributed by atoms with E-state index in [0.717, 1.165) is 43.1 Å². The number of nitrogens with zero attached hydrogens (tertiary/aromatic N) is 4. The van der Waals surface area contributed by atoms with Gasteiger partial charge in [0.25, 0.3) is 0 Å². The van der Waals surface area contributed by atoms with Gasteiger partial charge in [-0.1, -0.05) is 0 Å². The Balaban J connectivity index is 1.78. The topological polar surface area (TPSA) is 67.9 Å². The molecule has 0 bridgehead atoms. The average Bonchev–Trinajstić information content (AvgIpc) is 2.92. The van der Waals surface area contributed by atoms with Crippen LogP contribution in [0.25, 0.3) is 0 Å². The quantitative estimate of drug-likeness (QED) is 0.725. The van der Waals surface area contributed by atoms with Crippen LogP contribution in [0.2, 0.25) is 0 Å². The number of rotatable bonds is 8. The number of aromatic nitrogens is 4. The zero-order valence-corrected chi connectivity index (χ0v) is 14.1. The SMILES string of the molecule is Cc1cc(C)n(CCCNCc2c(C)nn(CCO)c2C)n1. The van der Waals surface area contributed by atoms with Gasteiger partial charge in [0.15, 0.2) is 0 Å². The number of aryl methyl sites for hydroxylation is 4. The van der Waals surface area contributed by atoms with E-state index < -0.39 is 0 Å². The lowest BCUT2D eigenvalue weighted by molar-refractivity contribution is 0.267. The van der Waals surface area contributed by atoms with Gasteiger partial charge in [-0.05, 0) is 46.7 Å². The summed E-state index contributed by atoms with van der Waals surface area (Å²) in [6.45, 7) is 11.6. The average molecular weight is 305 g/mol. The maximum absolute atomic E-state index is 9.04. The molecule has 0 fully saturated rings. The molecular weight excluding hydrogens is 278 g/mol. The molecule has 0 aromatic carbocycles. The zero-order chi connectivity index (χ0) is 16.1.